The first-order chi connectivity index (χ1) is 10.4. The molecule has 1 aliphatic heterocycles. The number of hydrogen-bond acceptors (Lipinski definition) is 5. The Morgan fingerprint density at radius 1 is 0.917 bits per heavy atom. The molecule has 0 aromatic heterocycles. The van der Waals surface area contributed by atoms with Crippen LogP contribution in [0.2, 0.25) is 0 Å². The highest BCUT2D eigenvalue weighted by atomic mass is 32.2. The van der Waals surface area contributed by atoms with Crippen LogP contribution in [0.3, 0.4) is 0 Å². The number of carbonyl (C=O) groups excluding carboxylic acids is 2. The summed E-state index contributed by atoms with van der Waals surface area (Å²) in [7, 11) is -7.18. The second-order valence-electron chi connectivity index (χ2n) is 4.32. The number of rotatable bonds is 5. The van der Waals surface area contributed by atoms with E-state index in [-0.39, 0.29) is 0 Å². The summed E-state index contributed by atoms with van der Waals surface area (Å²) in [5.74, 6) is -17.9. The monoisotopic (exact) mass is 397 g/mol. The summed E-state index contributed by atoms with van der Waals surface area (Å²) in [4.78, 5) is 21.6. The lowest BCUT2D eigenvalue weighted by atomic mass is 10.1. The van der Waals surface area contributed by atoms with Gasteiger partial charge in [-0.15, -0.1) is 0 Å². The largest absolute Gasteiger partial charge is 0.460 e. The Bertz CT molecular complexity index is 655. The molecule has 0 spiro atoms. The van der Waals surface area contributed by atoms with Gasteiger partial charge in [0.2, 0.25) is 5.91 Å². The third-order valence-corrected chi connectivity index (χ3v) is 3.97. The zero-order valence-corrected chi connectivity index (χ0v) is 11.5. The maximum absolute atomic E-state index is 13.2. The van der Waals surface area contributed by atoms with E-state index in [1.807, 2.05) is 0 Å². The van der Waals surface area contributed by atoms with Gasteiger partial charge in [0.05, 0.1) is 6.42 Å². The Hall–Kier alpha value is -1.58. The number of alkyl halides is 9. The highest BCUT2D eigenvalue weighted by Gasteiger charge is 2.86. The maximum Gasteiger partial charge on any atom is 0.460 e. The van der Waals surface area contributed by atoms with Gasteiger partial charge in [-0.1, -0.05) is 0 Å². The third-order valence-electron chi connectivity index (χ3n) is 2.60. The average Bonchev–Trinajstić information content (AvgIpc) is 2.64. The summed E-state index contributed by atoms with van der Waals surface area (Å²) in [5, 5.41) is -5.77. The second kappa shape index (κ2) is 5.47. The van der Waals surface area contributed by atoms with Crippen LogP contribution in [0.1, 0.15) is 6.42 Å². The van der Waals surface area contributed by atoms with Crippen LogP contribution in [0.25, 0.3) is 0 Å². The molecule has 1 heterocycles. The van der Waals surface area contributed by atoms with E-state index in [2.05, 4.69) is 4.18 Å². The van der Waals surface area contributed by atoms with E-state index in [1.54, 1.807) is 0 Å². The van der Waals surface area contributed by atoms with Gasteiger partial charge in [-0.3, -0.25) is 19.1 Å². The minimum Gasteiger partial charge on any atom is -0.294 e. The van der Waals surface area contributed by atoms with Crippen LogP contribution >= 0.6 is 0 Å². The van der Waals surface area contributed by atoms with Crippen LogP contribution in [0.4, 0.5) is 39.5 Å². The zero-order valence-electron chi connectivity index (χ0n) is 10.6. The molecule has 1 aliphatic rings. The molecule has 6 nitrogen and oxygen atoms in total. The lowest BCUT2D eigenvalue weighted by Gasteiger charge is -2.32. The van der Waals surface area contributed by atoms with Crippen LogP contribution < -0.4 is 5.32 Å². The smallest absolute Gasteiger partial charge is 0.294 e. The minimum absolute atomic E-state index is 1.25. The van der Waals surface area contributed by atoms with Crippen molar-refractivity contribution < 1.29 is 61.7 Å². The van der Waals surface area contributed by atoms with Crippen molar-refractivity contribution >= 4 is 21.9 Å². The molecule has 1 fully saturated rings. The fourth-order valence-corrected chi connectivity index (χ4v) is 2.36. The van der Waals surface area contributed by atoms with E-state index in [4.69, 9.17) is 0 Å². The molecule has 1 rings (SSSR count). The van der Waals surface area contributed by atoms with Gasteiger partial charge in [0.1, 0.15) is 0 Å². The summed E-state index contributed by atoms with van der Waals surface area (Å²) < 4.78 is 138. The molecular weight excluding hydrogens is 393 g/mol. The fraction of sp³-hybridized carbons (Fsp3) is 0.750. The number of halogens is 9. The molecule has 0 radical (unpaired) electrons. The molecule has 16 heteroatoms. The highest BCUT2D eigenvalue weighted by Crippen LogP contribution is 2.55. The van der Waals surface area contributed by atoms with Crippen molar-refractivity contribution in [3.05, 3.63) is 0 Å². The van der Waals surface area contributed by atoms with Gasteiger partial charge in [-0.2, -0.15) is 47.9 Å². The normalized spacial score (nSPS) is 21.1. The lowest BCUT2D eigenvalue weighted by molar-refractivity contribution is -0.382. The molecule has 0 saturated carbocycles. The van der Waals surface area contributed by atoms with Gasteiger partial charge in [-0.05, 0) is 0 Å². The quantitative estimate of drug-likeness (QED) is 0.428. The molecule has 2 amide bonds. The van der Waals surface area contributed by atoms with Crippen molar-refractivity contribution in [1.82, 2.24) is 5.32 Å². The molecule has 140 valence electrons. The predicted molar refractivity (Wildman–Crippen MR) is 52.5 cm³/mol. The Kier molecular flexibility index (Phi) is 4.66. The highest BCUT2D eigenvalue weighted by molar-refractivity contribution is 7.87. The number of hydrogen-bond donors (Lipinski definition) is 1. The van der Waals surface area contributed by atoms with Crippen LogP contribution in [-0.2, 0) is 23.9 Å². The average molecular weight is 397 g/mol. The molecule has 24 heavy (non-hydrogen) atoms. The van der Waals surface area contributed by atoms with Crippen LogP contribution in [0, 0.1) is 0 Å². The molecule has 0 aromatic rings. The van der Waals surface area contributed by atoms with E-state index < -0.39 is 57.7 Å². The lowest BCUT2D eigenvalue weighted by Crippen LogP contribution is -2.63. The van der Waals surface area contributed by atoms with Crippen molar-refractivity contribution in [2.45, 2.75) is 35.8 Å². The molecule has 0 bridgehead atoms. The molecule has 0 aliphatic carbocycles. The third kappa shape index (κ3) is 2.91. The minimum atomic E-state index is -7.48. The summed E-state index contributed by atoms with van der Waals surface area (Å²) in [6.07, 6.45) is -11.1. The van der Waals surface area contributed by atoms with Crippen LogP contribution in [0.15, 0.2) is 0 Å². The molecule has 1 saturated heterocycles. The van der Waals surface area contributed by atoms with E-state index >= 15 is 0 Å². The van der Waals surface area contributed by atoms with E-state index in [0.717, 1.165) is 0 Å². The molecule has 1 atom stereocenters. The van der Waals surface area contributed by atoms with Crippen LogP contribution in [0.5, 0.6) is 0 Å². The molecule has 0 aromatic carbocycles. The van der Waals surface area contributed by atoms with Gasteiger partial charge >= 0.3 is 33.4 Å². The zero-order chi connectivity index (χ0) is 19.4. The maximum atomic E-state index is 13.2. The van der Waals surface area contributed by atoms with Gasteiger partial charge in [-0.25, -0.2) is 0 Å². The van der Waals surface area contributed by atoms with E-state index in [0.29, 0.717) is 0 Å². The van der Waals surface area contributed by atoms with Crippen molar-refractivity contribution in [2.24, 2.45) is 0 Å². The fourth-order valence-electron chi connectivity index (χ4n) is 1.34. The molecule has 1 unspecified atom stereocenters. The second-order valence-corrected chi connectivity index (χ2v) is 5.93. The Morgan fingerprint density at radius 3 is 1.71 bits per heavy atom. The summed E-state index contributed by atoms with van der Waals surface area (Å²) in [5.41, 5.74) is 0. The SMILES string of the molecule is O=C1CC(OS(=O)(=O)C(F)(F)C(F)(F)C(F)(F)C(F)(F)F)C(=O)N1. The van der Waals surface area contributed by atoms with E-state index in [1.165, 1.54) is 5.32 Å². The topological polar surface area (TPSA) is 89.5 Å². The molecule has 1 N–H and O–H groups in total. The first-order valence-electron chi connectivity index (χ1n) is 5.35. The standard InChI is InChI=1S/C8H4F9NO5S/c9-5(10,7(13,14)15)6(11,12)8(16,17)24(21,22)23-2-1-3(19)18-4(2)20/h2H,1H2,(H,18,19,20). The van der Waals surface area contributed by atoms with Gasteiger partial charge in [0, 0.05) is 0 Å². The number of nitrogens with one attached hydrogen (secondary N) is 1. The molecular formula is C8H4F9NO5S. The Labute approximate surface area is 126 Å². The number of imide groups is 1. The van der Waals surface area contributed by atoms with Crippen molar-refractivity contribution in [2.75, 3.05) is 0 Å². The van der Waals surface area contributed by atoms with Gasteiger partial charge < -0.3 is 0 Å². The first-order valence-corrected chi connectivity index (χ1v) is 6.76. The predicted octanol–water partition coefficient (Wildman–Crippen LogP) is 1.17. The Balaban J connectivity index is 3.26. The van der Waals surface area contributed by atoms with Crippen LogP contribution in [-0.4, -0.2) is 49.6 Å². The summed E-state index contributed by atoms with van der Waals surface area (Å²) >= 11 is 0. The van der Waals surface area contributed by atoms with Gasteiger partial charge in [0.15, 0.2) is 6.10 Å². The first kappa shape index (κ1) is 20.5. The summed E-state index contributed by atoms with van der Waals surface area (Å²) in [6, 6.07) is 0. The number of carbonyl (C=O) groups is 2. The Morgan fingerprint density at radius 2 is 1.38 bits per heavy atom. The number of amides is 2. The van der Waals surface area contributed by atoms with Crippen molar-refractivity contribution in [3.8, 4) is 0 Å². The van der Waals surface area contributed by atoms with Crippen molar-refractivity contribution in [3.63, 3.8) is 0 Å². The van der Waals surface area contributed by atoms with Crippen molar-refractivity contribution in [1.29, 1.82) is 0 Å². The van der Waals surface area contributed by atoms with E-state index in [9.17, 15) is 57.5 Å². The summed E-state index contributed by atoms with van der Waals surface area (Å²) in [6.45, 7) is 0. The van der Waals surface area contributed by atoms with Gasteiger partial charge in [0.25, 0.3) is 5.91 Å².